The number of pyridine rings is 1. The smallest absolute Gasteiger partial charge is 0.356 e. The molecule has 94 valence electrons. The summed E-state index contributed by atoms with van der Waals surface area (Å²) in [5.74, 6) is -0.431. The maximum Gasteiger partial charge on any atom is 0.356 e. The average molecular weight is 245 g/mol. The van der Waals surface area contributed by atoms with Crippen LogP contribution in [0.4, 0.5) is 0 Å². The Labute approximate surface area is 105 Å². The first kappa shape index (κ1) is 12.3. The number of esters is 1. The Morgan fingerprint density at radius 3 is 2.83 bits per heavy atom. The highest BCUT2D eigenvalue weighted by Gasteiger charge is 2.10. The lowest BCUT2D eigenvalue weighted by Gasteiger charge is -2.06. The van der Waals surface area contributed by atoms with Gasteiger partial charge in [-0.1, -0.05) is 6.92 Å². The molecule has 0 spiro atoms. The molecule has 18 heavy (non-hydrogen) atoms. The van der Waals surface area contributed by atoms with Crippen LogP contribution in [0, 0.1) is 6.92 Å². The van der Waals surface area contributed by atoms with Crippen LogP contribution in [0.15, 0.2) is 24.5 Å². The molecule has 0 unspecified atom stereocenters. The summed E-state index contributed by atoms with van der Waals surface area (Å²) in [6, 6.07) is 3.67. The maximum atomic E-state index is 11.4. The molecule has 0 saturated carbocycles. The van der Waals surface area contributed by atoms with Crippen LogP contribution in [0.1, 0.15) is 28.7 Å². The average Bonchev–Trinajstić information content (AvgIpc) is 2.86. The summed E-state index contributed by atoms with van der Waals surface area (Å²) >= 11 is 0. The van der Waals surface area contributed by atoms with Gasteiger partial charge in [-0.15, -0.1) is 0 Å². The number of methoxy groups -OCH3 is 1. The van der Waals surface area contributed by atoms with Gasteiger partial charge in [-0.3, -0.25) is 0 Å². The number of hydrogen-bond acceptors (Lipinski definition) is 4. The van der Waals surface area contributed by atoms with Gasteiger partial charge in [0.05, 0.1) is 24.7 Å². The third kappa shape index (κ3) is 2.25. The predicted molar refractivity (Wildman–Crippen MR) is 66.8 cm³/mol. The van der Waals surface area contributed by atoms with Crippen molar-refractivity contribution in [2.75, 3.05) is 7.11 Å². The number of ether oxygens (including phenoxy) is 1. The van der Waals surface area contributed by atoms with Gasteiger partial charge in [0.1, 0.15) is 5.69 Å². The van der Waals surface area contributed by atoms with Crippen LogP contribution in [0.2, 0.25) is 0 Å². The summed E-state index contributed by atoms with van der Waals surface area (Å²) < 4.78 is 6.40. The van der Waals surface area contributed by atoms with Crippen molar-refractivity contribution in [1.82, 2.24) is 14.8 Å². The monoisotopic (exact) mass is 245 g/mol. The predicted octanol–water partition coefficient (Wildman–Crippen LogP) is 1.92. The summed E-state index contributed by atoms with van der Waals surface area (Å²) in [6.45, 7) is 3.97. The highest BCUT2D eigenvalue weighted by molar-refractivity contribution is 5.87. The molecule has 2 aromatic rings. The van der Waals surface area contributed by atoms with Gasteiger partial charge in [0.25, 0.3) is 0 Å². The van der Waals surface area contributed by atoms with Crippen molar-refractivity contribution in [2.24, 2.45) is 0 Å². The molecule has 2 rings (SSSR count). The molecule has 0 bridgehead atoms. The van der Waals surface area contributed by atoms with E-state index in [1.807, 2.05) is 19.2 Å². The molecule has 2 heterocycles. The van der Waals surface area contributed by atoms with E-state index in [9.17, 15) is 4.79 Å². The van der Waals surface area contributed by atoms with E-state index in [2.05, 4.69) is 21.7 Å². The fourth-order valence-electron chi connectivity index (χ4n) is 1.69. The highest BCUT2D eigenvalue weighted by atomic mass is 16.5. The third-order valence-electron chi connectivity index (χ3n) is 2.73. The second kappa shape index (κ2) is 5.00. The van der Waals surface area contributed by atoms with Gasteiger partial charge in [0.15, 0.2) is 0 Å². The quantitative estimate of drug-likeness (QED) is 0.775. The molecule has 0 N–H and O–H groups in total. The molecule has 0 atom stereocenters. The fraction of sp³-hybridized carbons (Fsp3) is 0.308. The van der Waals surface area contributed by atoms with Gasteiger partial charge in [-0.25, -0.2) is 14.5 Å². The molecule has 0 fully saturated rings. The van der Waals surface area contributed by atoms with Gasteiger partial charge in [-0.2, -0.15) is 5.10 Å². The number of rotatable bonds is 3. The molecule has 0 radical (unpaired) electrons. The van der Waals surface area contributed by atoms with Crippen LogP contribution in [0.5, 0.6) is 0 Å². The van der Waals surface area contributed by atoms with Gasteiger partial charge >= 0.3 is 5.97 Å². The SMILES string of the molecule is CCc1ccn(-c2cnc(C(=O)OC)cc2C)n1. The van der Waals surface area contributed by atoms with Crippen molar-refractivity contribution in [3.05, 3.63) is 41.5 Å². The minimum atomic E-state index is -0.431. The van der Waals surface area contributed by atoms with E-state index in [1.165, 1.54) is 7.11 Å². The van der Waals surface area contributed by atoms with E-state index < -0.39 is 5.97 Å². The van der Waals surface area contributed by atoms with E-state index in [0.717, 1.165) is 23.4 Å². The summed E-state index contributed by atoms with van der Waals surface area (Å²) in [7, 11) is 1.34. The van der Waals surface area contributed by atoms with E-state index in [4.69, 9.17) is 0 Å². The number of carbonyl (C=O) groups is 1. The van der Waals surface area contributed by atoms with Crippen LogP contribution >= 0.6 is 0 Å². The first-order valence-corrected chi connectivity index (χ1v) is 5.75. The van der Waals surface area contributed by atoms with Crippen LogP contribution in [-0.4, -0.2) is 27.8 Å². The first-order valence-electron chi connectivity index (χ1n) is 5.75. The first-order chi connectivity index (χ1) is 8.65. The lowest BCUT2D eigenvalue weighted by molar-refractivity contribution is 0.0594. The van der Waals surface area contributed by atoms with Crippen molar-refractivity contribution in [1.29, 1.82) is 0 Å². The van der Waals surface area contributed by atoms with Gasteiger partial charge in [0.2, 0.25) is 0 Å². The number of aromatic nitrogens is 3. The van der Waals surface area contributed by atoms with E-state index >= 15 is 0 Å². The third-order valence-corrected chi connectivity index (χ3v) is 2.73. The zero-order chi connectivity index (χ0) is 13.1. The standard InChI is InChI=1S/C13H15N3O2/c1-4-10-5-6-16(15-10)12-8-14-11(7-9(12)2)13(17)18-3/h5-8H,4H2,1-3H3. The van der Waals surface area contributed by atoms with Crippen molar-refractivity contribution in [3.63, 3.8) is 0 Å². The normalized spacial score (nSPS) is 10.4. The topological polar surface area (TPSA) is 57.0 Å². The molecular weight excluding hydrogens is 230 g/mol. The van der Waals surface area contributed by atoms with E-state index in [-0.39, 0.29) is 0 Å². The van der Waals surface area contributed by atoms with E-state index in [1.54, 1.807) is 16.9 Å². The Hall–Kier alpha value is -2.17. The Kier molecular flexibility index (Phi) is 3.41. The fourth-order valence-corrected chi connectivity index (χ4v) is 1.69. The molecule has 0 saturated heterocycles. The van der Waals surface area contributed by atoms with Crippen LogP contribution in [-0.2, 0) is 11.2 Å². The van der Waals surface area contributed by atoms with Gasteiger partial charge in [0, 0.05) is 6.20 Å². The Bertz CT molecular complexity index is 575. The zero-order valence-electron chi connectivity index (χ0n) is 10.7. The lowest BCUT2D eigenvalue weighted by Crippen LogP contribution is -2.07. The van der Waals surface area contributed by atoms with Crippen molar-refractivity contribution < 1.29 is 9.53 Å². The molecule has 0 aliphatic heterocycles. The second-order valence-electron chi connectivity index (χ2n) is 3.95. The summed E-state index contributed by atoms with van der Waals surface area (Å²) in [5.41, 5.74) is 3.12. The minimum absolute atomic E-state index is 0.307. The summed E-state index contributed by atoms with van der Waals surface area (Å²) in [4.78, 5) is 15.4. The molecule has 2 aromatic heterocycles. The molecule has 0 aliphatic carbocycles. The van der Waals surface area contributed by atoms with Crippen LogP contribution in [0.3, 0.4) is 0 Å². The number of carbonyl (C=O) groups excluding carboxylic acids is 1. The molecule has 5 nitrogen and oxygen atoms in total. The van der Waals surface area contributed by atoms with Gasteiger partial charge in [-0.05, 0) is 31.0 Å². The Morgan fingerprint density at radius 2 is 2.28 bits per heavy atom. The lowest BCUT2D eigenvalue weighted by atomic mass is 10.2. The minimum Gasteiger partial charge on any atom is -0.464 e. The molecule has 0 aliphatic rings. The zero-order valence-corrected chi connectivity index (χ0v) is 10.7. The van der Waals surface area contributed by atoms with Gasteiger partial charge < -0.3 is 4.74 Å². The Balaban J connectivity index is 2.38. The van der Waals surface area contributed by atoms with Crippen molar-refractivity contribution in [2.45, 2.75) is 20.3 Å². The van der Waals surface area contributed by atoms with Crippen molar-refractivity contribution >= 4 is 5.97 Å². The number of hydrogen-bond donors (Lipinski definition) is 0. The highest BCUT2D eigenvalue weighted by Crippen LogP contribution is 2.14. The van der Waals surface area contributed by atoms with Crippen LogP contribution in [0.25, 0.3) is 5.69 Å². The number of nitrogens with zero attached hydrogens (tertiary/aromatic N) is 3. The summed E-state index contributed by atoms with van der Waals surface area (Å²) in [5, 5.41) is 4.41. The number of aryl methyl sites for hydroxylation is 2. The molecule has 0 amide bonds. The molecule has 0 aromatic carbocycles. The second-order valence-corrected chi connectivity index (χ2v) is 3.95. The van der Waals surface area contributed by atoms with E-state index in [0.29, 0.717) is 5.69 Å². The Morgan fingerprint density at radius 1 is 1.50 bits per heavy atom. The summed E-state index contributed by atoms with van der Waals surface area (Å²) in [6.07, 6.45) is 4.41. The van der Waals surface area contributed by atoms with Crippen LogP contribution < -0.4 is 0 Å². The molecular formula is C13H15N3O2. The maximum absolute atomic E-state index is 11.4. The van der Waals surface area contributed by atoms with Crippen molar-refractivity contribution in [3.8, 4) is 5.69 Å². The largest absolute Gasteiger partial charge is 0.464 e. The molecule has 5 heteroatoms.